The summed E-state index contributed by atoms with van der Waals surface area (Å²) in [6, 6.07) is 0. The Bertz CT molecular complexity index is 347. The van der Waals surface area contributed by atoms with Gasteiger partial charge in [0, 0.05) is 12.3 Å². The number of hydrogen-bond donors (Lipinski definition) is 2. The molecule has 2 rings (SSSR count). The van der Waals surface area contributed by atoms with Crippen LogP contribution in [-0.2, 0) is 0 Å². The van der Waals surface area contributed by atoms with Crippen LogP contribution in [0.5, 0.6) is 0 Å². The van der Waals surface area contributed by atoms with Crippen molar-refractivity contribution < 1.29 is 5.11 Å². The van der Waals surface area contributed by atoms with Gasteiger partial charge in [0.15, 0.2) is 0 Å². The van der Waals surface area contributed by atoms with Crippen molar-refractivity contribution in [3.05, 3.63) is 22.5 Å². The number of aliphatic hydroxyl groups is 1. The number of allylic oxidation sites excluding steroid dienone is 2. The first-order valence-corrected chi connectivity index (χ1v) is 9.75. The van der Waals surface area contributed by atoms with Crippen molar-refractivity contribution in [2.24, 2.45) is 5.92 Å². The molecular weight excluding hydrogens is 254 g/mol. The van der Waals surface area contributed by atoms with Crippen LogP contribution in [0.3, 0.4) is 0 Å². The summed E-state index contributed by atoms with van der Waals surface area (Å²) < 4.78 is 3.65. The molecule has 1 saturated carbocycles. The second kappa shape index (κ2) is 6.96. The number of rotatable bonds is 6. The molecule has 2 atom stereocenters. The lowest BCUT2D eigenvalue weighted by Crippen LogP contribution is -2.25. The van der Waals surface area contributed by atoms with Crippen LogP contribution in [0.25, 0.3) is 0 Å². The molecule has 2 unspecified atom stereocenters. The highest BCUT2D eigenvalue weighted by Gasteiger charge is 2.28. The molecular formula is C16H29NOS. The van der Waals surface area contributed by atoms with E-state index in [1.54, 1.807) is 5.57 Å². The van der Waals surface area contributed by atoms with Gasteiger partial charge in [-0.1, -0.05) is 39.2 Å². The Hall–Kier alpha value is -0.250. The Morgan fingerprint density at radius 1 is 1.32 bits per heavy atom. The summed E-state index contributed by atoms with van der Waals surface area (Å²) in [6.07, 6.45) is 9.90. The van der Waals surface area contributed by atoms with Gasteiger partial charge in [0.2, 0.25) is 0 Å². The molecule has 19 heavy (non-hydrogen) atoms. The number of hydrogen-bond acceptors (Lipinski definition) is 2. The normalized spacial score (nSPS) is 32.9. The Kier molecular flexibility index (Phi) is 5.55. The number of nitrogens with one attached hydrogen (secondary N) is 1. The third kappa shape index (κ3) is 3.87. The first-order valence-electron chi connectivity index (χ1n) is 7.82. The Balaban J connectivity index is 2.08. The largest absolute Gasteiger partial charge is 0.392 e. The lowest BCUT2D eigenvalue weighted by molar-refractivity contribution is 0.194. The smallest absolute Gasteiger partial charge is 0.0630 e. The van der Waals surface area contributed by atoms with Crippen molar-refractivity contribution in [3.63, 3.8) is 0 Å². The van der Waals surface area contributed by atoms with Crippen molar-refractivity contribution in [2.45, 2.75) is 58.5 Å². The minimum absolute atomic E-state index is 0.180. The van der Waals surface area contributed by atoms with Crippen molar-refractivity contribution in [1.82, 2.24) is 4.72 Å². The molecule has 0 radical (unpaired) electrons. The molecule has 1 aliphatic heterocycles. The Morgan fingerprint density at radius 2 is 2.05 bits per heavy atom. The second-order valence-electron chi connectivity index (χ2n) is 5.83. The fourth-order valence-corrected chi connectivity index (χ4v) is 6.30. The minimum atomic E-state index is -1.06. The molecule has 0 amide bonds. The van der Waals surface area contributed by atoms with Gasteiger partial charge in [-0.15, -0.1) is 10.2 Å². The van der Waals surface area contributed by atoms with Crippen LogP contribution in [-0.4, -0.2) is 23.5 Å². The molecule has 0 saturated heterocycles. The molecule has 2 aliphatic rings. The van der Waals surface area contributed by atoms with Gasteiger partial charge in [-0.2, -0.15) is 0 Å². The summed E-state index contributed by atoms with van der Waals surface area (Å²) in [4.78, 5) is 0. The molecule has 0 spiro atoms. The second-order valence-corrected chi connectivity index (χ2v) is 8.66. The summed E-state index contributed by atoms with van der Waals surface area (Å²) in [7, 11) is -1.06. The van der Waals surface area contributed by atoms with E-state index in [0.717, 1.165) is 24.6 Å². The van der Waals surface area contributed by atoms with E-state index in [-0.39, 0.29) is 6.10 Å². The predicted octanol–water partition coefficient (Wildman–Crippen LogP) is 4.08. The topological polar surface area (TPSA) is 32.3 Å². The monoisotopic (exact) mass is 283 g/mol. The zero-order chi connectivity index (χ0) is 13.7. The zero-order valence-corrected chi connectivity index (χ0v) is 13.2. The van der Waals surface area contributed by atoms with Crippen molar-refractivity contribution in [3.8, 4) is 0 Å². The van der Waals surface area contributed by atoms with Gasteiger partial charge in [-0.05, 0) is 41.6 Å². The maximum Gasteiger partial charge on any atom is 0.0630 e. The molecule has 2 N–H and O–H groups in total. The summed E-state index contributed by atoms with van der Waals surface area (Å²) >= 11 is 0. The standard InChI is InChI=1S/C16H29NOS/c1-3-16(18)13-19(17-4-2)11-10-15(12-19)14-8-6-5-7-9-14/h10-12,14,16-18H,3-9,13H2,1-2H3. The molecule has 0 bridgehead atoms. The maximum atomic E-state index is 10.0. The van der Waals surface area contributed by atoms with Gasteiger partial charge in [0.25, 0.3) is 0 Å². The first kappa shape index (κ1) is 15.1. The molecule has 1 heterocycles. The summed E-state index contributed by atoms with van der Waals surface area (Å²) in [5.41, 5.74) is 1.54. The average Bonchev–Trinajstić information content (AvgIpc) is 2.84. The molecule has 2 nitrogen and oxygen atoms in total. The predicted molar refractivity (Wildman–Crippen MR) is 86.2 cm³/mol. The molecule has 0 aromatic rings. The lowest BCUT2D eigenvalue weighted by Gasteiger charge is -2.34. The maximum absolute atomic E-state index is 10.0. The Morgan fingerprint density at radius 3 is 2.68 bits per heavy atom. The lowest BCUT2D eigenvalue weighted by atomic mass is 9.84. The molecule has 0 aromatic heterocycles. The average molecular weight is 283 g/mol. The van der Waals surface area contributed by atoms with Crippen molar-refractivity contribution >= 4 is 10.2 Å². The highest BCUT2D eigenvalue weighted by molar-refractivity contribution is 8.37. The van der Waals surface area contributed by atoms with Gasteiger partial charge in [-0.3, -0.25) is 4.72 Å². The van der Waals surface area contributed by atoms with E-state index in [1.807, 2.05) is 0 Å². The van der Waals surface area contributed by atoms with Crippen LogP contribution >= 0.6 is 10.2 Å². The first-order chi connectivity index (χ1) is 9.19. The van der Waals surface area contributed by atoms with E-state index in [9.17, 15) is 5.11 Å². The van der Waals surface area contributed by atoms with Crippen LogP contribution in [0.1, 0.15) is 52.4 Å². The van der Waals surface area contributed by atoms with Gasteiger partial charge >= 0.3 is 0 Å². The van der Waals surface area contributed by atoms with Crippen molar-refractivity contribution in [2.75, 3.05) is 12.3 Å². The highest BCUT2D eigenvalue weighted by Crippen LogP contribution is 2.54. The third-order valence-corrected chi connectivity index (χ3v) is 7.36. The van der Waals surface area contributed by atoms with E-state index in [0.29, 0.717) is 0 Å². The van der Waals surface area contributed by atoms with Crippen LogP contribution in [0.15, 0.2) is 22.5 Å². The third-order valence-electron chi connectivity index (χ3n) is 4.28. The fraction of sp³-hybridized carbons (Fsp3) is 0.750. The molecule has 0 aromatic carbocycles. The van der Waals surface area contributed by atoms with Crippen LogP contribution in [0, 0.1) is 5.92 Å². The molecule has 1 fully saturated rings. The van der Waals surface area contributed by atoms with Crippen molar-refractivity contribution in [1.29, 1.82) is 0 Å². The summed E-state index contributed by atoms with van der Waals surface area (Å²) in [6.45, 7) is 5.20. The van der Waals surface area contributed by atoms with E-state index in [4.69, 9.17) is 0 Å². The van der Waals surface area contributed by atoms with Gasteiger partial charge in [0.1, 0.15) is 0 Å². The molecule has 110 valence electrons. The SMILES string of the molecule is CCNS1(CC(O)CC)C=CC(C2CCCCC2)=C1. The summed E-state index contributed by atoms with van der Waals surface area (Å²) in [5.74, 6) is 1.65. The van der Waals surface area contributed by atoms with Gasteiger partial charge < -0.3 is 5.11 Å². The van der Waals surface area contributed by atoms with Crippen LogP contribution in [0.2, 0.25) is 0 Å². The quantitative estimate of drug-likeness (QED) is 0.770. The molecule has 1 aliphatic carbocycles. The van der Waals surface area contributed by atoms with Crippen LogP contribution < -0.4 is 4.72 Å². The minimum Gasteiger partial charge on any atom is -0.392 e. The van der Waals surface area contributed by atoms with E-state index in [1.165, 1.54) is 32.1 Å². The highest BCUT2D eigenvalue weighted by atomic mass is 32.3. The number of aliphatic hydroxyl groups excluding tert-OH is 1. The molecule has 3 heteroatoms. The summed E-state index contributed by atoms with van der Waals surface area (Å²) in [5, 5.41) is 14.9. The fourth-order valence-electron chi connectivity index (χ4n) is 3.15. The van der Waals surface area contributed by atoms with E-state index in [2.05, 4.69) is 35.5 Å². The van der Waals surface area contributed by atoms with E-state index < -0.39 is 10.2 Å². The van der Waals surface area contributed by atoms with Gasteiger partial charge in [0.05, 0.1) is 6.10 Å². The van der Waals surface area contributed by atoms with E-state index >= 15 is 0 Å². The Labute approximate surface area is 119 Å². The van der Waals surface area contributed by atoms with Crippen LogP contribution in [0.4, 0.5) is 0 Å². The zero-order valence-electron chi connectivity index (χ0n) is 12.4. The van der Waals surface area contributed by atoms with Gasteiger partial charge in [-0.25, -0.2) is 0 Å².